The Labute approximate surface area is 102 Å². The average Bonchev–Trinajstić information content (AvgIpc) is 2.38. The van der Waals surface area contributed by atoms with Crippen LogP contribution in [0.2, 0.25) is 0 Å². The zero-order chi connectivity index (χ0) is 12.1. The first-order valence-electron chi connectivity index (χ1n) is 6.30. The highest BCUT2D eigenvalue weighted by Crippen LogP contribution is 2.26. The predicted molar refractivity (Wildman–Crippen MR) is 66.8 cm³/mol. The molecule has 1 aliphatic rings. The van der Waals surface area contributed by atoms with Crippen LogP contribution in [0.5, 0.6) is 0 Å². The molecule has 0 aromatic heterocycles. The van der Waals surface area contributed by atoms with Gasteiger partial charge in [0.25, 0.3) is 5.91 Å². The third-order valence-corrected chi connectivity index (χ3v) is 3.06. The Kier molecular flexibility index (Phi) is 4.15. The molecule has 3 nitrogen and oxygen atoms in total. The molecule has 1 N–H and O–H groups in total. The van der Waals surface area contributed by atoms with Gasteiger partial charge >= 0.3 is 0 Å². The molecule has 1 aromatic rings. The van der Waals surface area contributed by atoms with Crippen molar-refractivity contribution < 1.29 is 9.53 Å². The number of hydrogen-bond donors (Lipinski definition) is 1. The second-order valence-corrected chi connectivity index (χ2v) is 4.34. The lowest BCUT2D eigenvalue weighted by molar-refractivity contribution is -0.134. The SMILES string of the molecule is CCCCNC(=O)C1OCCc2ccccc21. The lowest BCUT2D eigenvalue weighted by atomic mass is 9.97. The number of carbonyl (C=O) groups is 1. The zero-order valence-electron chi connectivity index (χ0n) is 10.2. The number of nitrogens with one attached hydrogen (secondary N) is 1. The summed E-state index contributed by atoms with van der Waals surface area (Å²) in [6, 6.07) is 8.03. The third kappa shape index (κ3) is 2.86. The summed E-state index contributed by atoms with van der Waals surface area (Å²) >= 11 is 0. The minimum absolute atomic E-state index is 0.00870. The van der Waals surface area contributed by atoms with Gasteiger partial charge in [0.05, 0.1) is 6.61 Å². The number of ether oxygens (including phenoxy) is 1. The monoisotopic (exact) mass is 233 g/mol. The Morgan fingerprint density at radius 1 is 1.47 bits per heavy atom. The van der Waals surface area contributed by atoms with Crippen LogP contribution < -0.4 is 5.32 Å². The van der Waals surface area contributed by atoms with Crippen molar-refractivity contribution in [2.45, 2.75) is 32.3 Å². The average molecular weight is 233 g/mol. The van der Waals surface area contributed by atoms with Crippen LogP contribution >= 0.6 is 0 Å². The van der Waals surface area contributed by atoms with Gasteiger partial charge in [-0.3, -0.25) is 4.79 Å². The van der Waals surface area contributed by atoms with E-state index in [4.69, 9.17) is 4.74 Å². The molecule has 0 saturated heterocycles. The normalized spacial score (nSPS) is 18.5. The molecule has 92 valence electrons. The fourth-order valence-electron chi connectivity index (χ4n) is 2.09. The smallest absolute Gasteiger partial charge is 0.253 e. The van der Waals surface area contributed by atoms with E-state index in [1.165, 1.54) is 5.56 Å². The van der Waals surface area contributed by atoms with E-state index in [0.29, 0.717) is 6.61 Å². The molecule has 0 aliphatic carbocycles. The summed E-state index contributed by atoms with van der Waals surface area (Å²) in [5, 5.41) is 2.93. The zero-order valence-corrected chi connectivity index (χ0v) is 10.2. The first kappa shape index (κ1) is 12.1. The van der Waals surface area contributed by atoms with E-state index in [-0.39, 0.29) is 5.91 Å². The second-order valence-electron chi connectivity index (χ2n) is 4.34. The van der Waals surface area contributed by atoms with Crippen LogP contribution in [0.4, 0.5) is 0 Å². The Balaban J connectivity index is 2.05. The van der Waals surface area contributed by atoms with Gasteiger partial charge in [-0.25, -0.2) is 0 Å². The van der Waals surface area contributed by atoms with Crippen LogP contribution in [0.1, 0.15) is 37.0 Å². The molecule has 0 bridgehead atoms. The van der Waals surface area contributed by atoms with Gasteiger partial charge in [-0.15, -0.1) is 0 Å². The lowest BCUT2D eigenvalue weighted by Gasteiger charge is -2.25. The molecular formula is C14H19NO2. The molecule has 0 radical (unpaired) electrons. The maximum Gasteiger partial charge on any atom is 0.253 e. The number of amides is 1. The van der Waals surface area contributed by atoms with Crippen LogP contribution in [0.3, 0.4) is 0 Å². The number of unbranched alkanes of at least 4 members (excludes halogenated alkanes) is 1. The highest BCUT2D eigenvalue weighted by Gasteiger charge is 2.26. The highest BCUT2D eigenvalue weighted by molar-refractivity contribution is 5.82. The van der Waals surface area contributed by atoms with E-state index in [1.807, 2.05) is 18.2 Å². The second kappa shape index (κ2) is 5.82. The minimum Gasteiger partial charge on any atom is -0.363 e. The highest BCUT2D eigenvalue weighted by atomic mass is 16.5. The molecular weight excluding hydrogens is 214 g/mol. The first-order valence-corrected chi connectivity index (χ1v) is 6.30. The molecule has 1 unspecified atom stereocenters. The first-order chi connectivity index (χ1) is 8.33. The van der Waals surface area contributed by atoms with Crippen molar-refractivity contribution >= 4 is 5.91 Å². The van der Waals surface area contributed by atoms with Gasteiger partial charge in [0, 0.05) is 6.54 Å². The summed E-state index contributed by atoms with van der Waals surface area (Å²) in [6.45, 7) is 3.47. The van der Waals surface area contributed by atoms with Crippen molar-refractivity contribution in [3.05, 3.63) is 35.4 Å². The summed E-state index contributed by atoms with van der Waals surface area (Å²) in [4.78, 5) is 12.0. The number of carbonyl (C=O) groups excluding carboxylic acids is 1. The van der Waals surface area contributed by atoms with Gasteiger partial charge in [0.15, 0.2) is 6.10 Å². The largest absolute Gasteiger partial charge is 0.363 e. The topological polar surface area (TPSA) is 38.3 Å². The van der Waals surface area contributed by atoms with Gasteiger partial charge < -0.3 is 10.1 Å². The van der Waals surface area contributed by atoms with Crippen molar-refractivity contribution in [1.82, 2.24) is 5.32 Å². The summed E-state index contributed by atoms with van der Waals surface area (Å²) in [5.41, 5.74) is 2.25. The van der Waals surface area contributed by atoms with Gasteiger partial charge in [-0.05, 0) is 24.0 Å². The number of benzene rings is 1. The van der Waals surface area contributed by atoms with Crippen LogP contribution in [0.15, 0.2) is 24.3 Å². The van der Waals surface area contributed by atoms with Gasteiger partial charge in [-0.1, -0.05) is 37.6 Å². The number of fused-ring (bicyclic) bond motifs is 1. The molecule has 1 atom stereocenters. The molecule has 17 heavy (non-hydrogen) atoms. The number of rotatable bonds is 4. The van der Waals surface area contributed by atoms with E-state index in [9.17, 15) is 4.79 Å². The summed E-state index contributed by atoms with van der Waals surface area (Å²) in [6.07, 6.45) is 2.58. The molecule has 1 heterocycles. The van der Waals surface area contributed by atoms with Crippen molar-refractivity contribution in [2.75, 3.05) is 13.2 Å². The fraction of sp³-hybridized carbons (Fsp3) is 0.500. The van der Waals surface area contributed by atoms with Crippen LogP contribution in [0, 0.1) is 0 Å². The van der Waals surface area contributed by atoms with Crippen molar-refractivity contribution in [1.29, 1.82) is 0 Å². The van der Waals surface area contributed by atoms with E-state index in [2.05, 4.69) is 18.3 Å². The van der Waals surface area contributed by atoms with E-state index < -0.39 is 6.10 Å². The van der Waals surface area contributed by atoms with Gasteiger partial charge in [0.2, 0.25) is 0 Å². The van der Waals surface area contributed by atoms with Gasteiger partial charge in [0.1, 0.15) is 0 Å². The van der Waals surface area contributed by atoms with Crippen LogP contribution in [-0.4, -0.2) is 19.1 Å². The Morgan fingerprint density at radius 2 is 2.29 bits per heavy atom. The van der Waals surface area contributed by atoms with Crippen LogP contribution in [-0.2, 0) is 16.0 Å². The Hall–Kier alpha value is -1.35. The molecule has 0 fully saturated rings. The van der Waals surface area contributed by atoms with E-state index in [1.54, 1.807) is 0 Å². The Bertz CT molecular complexity index is 390. The van der Waals surface area contributed by atoms with Crippen molar-refractivity contribution in [3.63, 3.8) is 0 Å². The lowest BCUT2D eigenvalue weighted by Crippen LogP contribution is -2.34. The molecule has 2 rings (SSSR count). The molecule has 1 amide bonds. The molecule has 1 aliphatic heterocycles. The summed E-state index contributed by atoms with van der Waals surface area (Å²) in [5.74, 6) is -0.00870. The third-order valence-electron chi connectivity index (χ3n) is 3.06. The molecule has 0 spiro atoms. The molecule has 0 saturated carbocycles. The molecule has 1 aromatic carbocycles. The van der Waals surface area contributed by atoms with Crippen LogP contribution in [0.25, 0.3) is 0 Å². The van der Waals surface area contributed by atoms with E-state index in [0.717, 1.165) is 31.4 Å². The minimum atomic E-state index is -0.420. The quantitative estimate of drug-likeness (QED) is 0.810. The fourth-order valence-corrected chi connectivity index (χ4v) is 2.09. The maximum atomic E-state index is 12.0. The van der Waals surface area contributed by atoms with Crippen molar-refractivity contribution in [3.8, 4) is 0 Å². The standard InChI is InChI=1S/C14H19NO2/c1-2-3-9-15-14(16)13-12-7-5-4-6-11(12)8-10-17-13/h4-7,13H,2-3,8-10H2,1H3,(H,15,16). The summed E-state index contributed by atoms with van der Waals surface area (Å²) < 4.78 is 5.58. The van der Waals surface area contributed by atoms with E-state index >= 15 is 0 Å². The maximum absolute atomic E-state index is 12.0. The van der Waals surface area contributed by atoms with Gasteiger partial charge in [-0.2, -0.15) is 0 Å². The summed E-state index contributed by atoms with van der Waals surface area (Å²) in [7, 11) is 0. The van der Waals surface area contributed by atoms with Crippen molar-refractivity contribution in [2.24, 2.45) is 0 Å². The Morgan fingerprint density at radius 3 is 3.12 bits per heavy atom. The number of hydrogen-bond acceptors (Lipinski definition) is 2. The molecule has 3 heteroatoms. The predicted octanol–water partition coefficient (Wildman–Crippen LogP) is 2.22.